The van der Waals surface area contributed by atoms with Gasteiger partial charge in [-0.05, 0) is 37.0 Å². The molecule has 1 N–H and O–H groups in total. The quantitative estimate of drug-likeness (QED) is 0.529. The van der Waals surface area contributed by atoms with Gasteiger partial charge in [-0.25, -0.2) is 0 Å². The van der Waals surface area contributed by atoms with Gasteiger partial charge < -0.3 is 15.1 Å². The molecule has 0 aromatic heterocycles. The molecule has 1 heterocycles. The van der Waals surface area contributed by atoms with Crippen LogP contribution in [-0.4, -0.2) is 49.4 Å². The largest absolute Gasteiger partial charge is 0.371 e. The van der Waals surface area contributed by atoms with Gasteiger partial charge in [-0.15, -0.1) is 0 Å². The molecular formula is C26H35N3O2. The summed E-state index contributed by atoms with van der Waals surface area (Å²) in [6, 6.07) is 20.6. The highest BCUT2D eigenvalue weighted by Gasteiger charge is 2.33. The van der Waals surface area contributed by atoms with Crippen molar-refractivity contribution in [3.8, 4) is 0 Å². The molecule has 166 valence electrons. The van der Waals surface area contributed by atoms with Gasteiger partial charge >= 0.3 is 0 Å². The second kappa shape index (κ2) is 12.1. The van der Waals surface area contributed by atoms with E-state index in [0.717, 1.165) is 38.8 Å². The Kier molecular flexibility index (Phi) is 8.95. The Hall–Kier alpha value is -2.82. The van der Waals surface area contributed by atoms with Crippen molar-refractivity contribution < 1.29 is 9.59 Å². The lowest BCUT2D eigenvalue weighted by Gasteiger charge is -2.25. The third-order valence-electron chi connectivity index (χ3n) is 5.91. The molecule has 0 radical (unpaired) electrons. The van der Waals surface area contributed by atoms with E-state index in [1.807, 2.05) is 29.2 Å². The summed E-state index contributed by atoms with van der Waals surface area (Å²) >= 11 is 0. The number of benzene rings is 2. The lowest BCUT2D eigenvalue weighted by atomic mass is 10.1. The van der Waals surface area contributed by atoms with Crippen LogP contribution in [0.3, 0.4) is 0 Å². The Morgan fingerprint density at radius 3 is 2.42 bits per heavy atom. The first-order valence-electron chi connectivity index (χ1n) is 11.6. The van der Waals surface area contributed by atoms with Gasteiger partial charge in [0.1, 0.15) is 0 Å². The van der Waals surface area contributed by atoms with Crippen LogP contribution in [0.25, 0.3) is 0 Å². The van der Waals surface area contributed by atoms with Gasteiger partial charge in [-0.2, -0.15) is 0 Å². The molecule has 0 aliphatic carbocycles. The van der Waals surface area contributed by atoms with Crippen molar-refractivity contribution in [3.63, 3.8) is 0 Å². The Bertz CT molecular complexity index is 810. The maximum atomic E-state index is 12.6. The van der Waals surface area contributed by atoms with Gasteiger partial charge in [0, 0.05) is 44.8 Å². The molecule has 0 unspecified atom stereocenters. The molecule has 2 aromatic rings. The molecule has 2 amide bonds. The number of nitrogens with zero attached hydrogens (tertiary/aromatic N) is 2. The van der Waals surface area contributed by atoms with Gasteiger partial charge in [0.05, 0.1) is 5.92 Å². The SMILES string of the molecule is CCCCN(CCCNC(=O)[C@@H]1CC(=O)N(CCc2ccccc2)C1)c1ccccc1. The molecule has 31 heavy (non-hydrogen) atoms. The molecule has 1 saturated heterocycles. The number of amides is 2. The molecule has 3 rings (SSSR count). The van der Waals surface area contributed by atoms with Crippen LogP contribution in [0.4, 0.5) is 5.69 Å². The molecule has 5 heteroatoms. The van der Waals surface area contributed by atoms with Crippen LogP contribution in [0.5, 0.6) is 0 Å². The molecule has 1 aliphatic heterocycles. The number of carbonyl (C=O) groups excluding carboxylic acids is 2. The maximum absolute atomic E-state index is 12.6. The standard InChI is InChI=1S/C26H35N3O2/c1-2-3-17-28(24-13-8-5-9-14-24)18-10-16-27-26(31)23-20-25(30)29(21-23)19-15-22-11-6-4-7-12-22/h4-9,11-14,23H,2-3,10,15-21H2,1H3,(H,27,31)/t23-/m1/s1. The molecule has 0 bridgehead atoms. The second-order valence-corrected chi connectivity index (χ2v) is 8.30. The number of hydrogen-bond donors (Lipinski definition) is 1. The Balaban J connectivity index is 1.39. The van der Waals surface area contributed by atoms with Crippen LogP contribution in [0.15, 0.2) is 60.7 Å². The smallest absolute Gasteiger partial charge is 0.225 e. The average molecular weight is 422 g/mol. The summed E-state index contributed by atoms with van der Waals surface area (Å²) in [5.74, 6) is -0.130. The number of hydrogen-bond acceptors (Lipinski definition) is 3. The summed E-state index contributed by atoms with van der Waals surface area (Å²) in [7, 11) is 0. The highest BCUT2D eigenvalue weighted by molar-refractivity contribution is 5.89. The first kappa shape index (κ1) is 22.9. The molecule has 1 fully saturated rings. The van der Waals surface area contributed by atoms with Crippen LogP contribution in [0.1, 0.15) is 38.2 Å². The van der Waals surface area contributed by atoms with Crippen LogP contribution in [-0.2, 0) is 16.0 Å². The number of para-hydroxylation sites is 1. The Morgan fingerprint density at radius 1 is 1.03 bits per heavy atom. The summed E-state index contributed by atoms with van der Waals surface area (Å²) in [6.07, 6.45) is 4.37. The van der Waals surface area contributed by atoms with Crippen LogP contribution < -0.4 is 10.2 Å². The molecule has 5 nitrogen and oxygen atoms in total. The van der Waals surface area contributed by atoms with E-state index in [-0.39, 0.29) is 17.7 Å². The predicted octanol–water partition coefficient (Wildman–Crippen LogP) is 3.89. The van der Waals surface area contributed by atoms with Gasteiger partial charge in [0.2, 0.25) is 11.8 Å². The van der Waals surface area contributed by atoms with Crippen LogP contribution in [0.2, 0.25) is 0 Å². The first-order chi connectivity index (χ1) is 15.2. The predicted molar refractivity (Wildman–Crippen MR) is 126 cm³/mol. The molecule has 1 aliphatic rings. The second-order valence-electron chi connectivity index (χ2n) is 8.30. The Labute approximate surface area is 186 Å². The van der Waals surface area contributed by atoms with E-state index in [0.29, 0.717) is 26.1 Å². The van der Waals surface area contributed by atoms with E-state index < -0.39 is 0 Å². The van der Waals surface area contributed by atoms with Crippen molar-refractivity contribution in [1.82, 2.24) is 10.2 Å². The molecular weight excluding hydrogens is 386 g/mol. The zero-order valence-corrected chi connectivity index (χ0v) is 18.6. The van der Waals surface area contributed by atoms with E-state index in [4.69, 9.17) is 0 Å². The van der Waals surface area contributed by atoms with Crippen molar-refractivity contribution >= 4 is 17.5 Å². The number of anilines is 1. The highest BCUT2D eigenvalue weighted by Crippen LogP contribution is 2.19. The summed E-state index contributed by atoms with van der Waals surface area (Å²) in [6.45, 7) is 6.00. The van der Waals surface area contributed by atoms with Gasteiger partial charge in [0.15, 0.2) is 0 Å². The minimum Gasteiger partial charge on any atom is -0.371 e. The molecule has 0 spiro atoms. The summed E-state index contributed by atoms with van der Waals surface area (Å²) < 4.78 is 0. The zero-order chi connectivity index (χ0) is 21.9. The van der Waals surface area contributed by atoms with E-state index in [2.05, 4.69) is 53.5 Å². The van der Waals surface area contributed by atoms with E-state index in [1.54, 1.807) is 0 Å². The van der Waals surface area contributed by atoms with Crippen molar-refractivity contribution in [2.75, 3.05) is 37.6 Å². The Morgan fingerprint density at radius 2 is 1.71 bits per heavy atom. The van der Waals surface area contributed by atoms with Crippen molar-refractivity contribution in [1.29, 1.82) is 0 Å². The van der Waals surface area contributed by atoms with E-state index in [9.17, 15) is 9.59 Å². The van der Waals surface area contributed by atoms with Crippen LogP contribution >= 0.6 is 0 Å². The highest BCUT2D eigenvalue weighted by atomic mass is 16.2. The number of likely N-dealkylation sites (tertiary alicyclic amines) is 1. The minimum absolute atomic E-state index is 0.00961. The number of rotatable bonds is 12. The van der Waals surface area contributed by atoms with Gasteiger partial charge in [-0.3, -0.25) is 9.59 Å². The van der Waals surface area contributed by atoms with Crippen molar-refractivity contribution in [2.24, 2.45) is 5.92 Å². The molecule has 0 saturated carbocycles. The monoisotopic (exact) mass is 421 g/mol. The van der Waals surface area contributed by atoms with Crippen molar-refractivity contribution in [2.45, 2.75) is 39.0 Å². The van der Waals surface area contributed by atoms with E-state index >= 15 is 0 Å². The number of nitrogens with one attached hydrogen (secondary N) is 1. The lowest BCUT2D eigenvalue weighted by Crippen LogP contribution is -2.35. The fourth-order valence-corrected chi connectivity index (χ4v) is 4.06. The number of carbonyl (C=O) groups is 2. The van der Waals surface area contributed by atoms with E-state index in [1.165, 1.54) is 11.3 Å². The zero-order valence-electron chi connectivity index (χ0n) is 18.6. The van der Waals surface area contributed by atoms with Crippen LogP contribution in [0, 0.1) is 5.92 Å². The molecule has 1 atom stereocenters. The fraction of sp³-hybridized carbons (Fsp3) is 0.462. The third kappa shape index (κ3) is 7.12. The summed E-state index contributed by atoms with van der Waals surface area (Å²) in [4.78, 5) is 29.1. The normalized spacial score (nSPS) is 15.8. The van der Waals surface area contributed by atoms with Gasteiger partial charge in [-0.1, -0.05) is 61.9 Å². The number of unbranched alkanes of at least 4 members (excludes halogenated alkanes) is 1. The summed E-state index contributed by atoms with van der Waals surface area (Å²) in [5, 5.41) is 3.06. The lowest BCUT2D eigenvalue weighted by molar-refractivity contribution is -0.129. The summed E-state index contributed by atoms with van der Waals surface area (Å²) in [5.41, 5.74) is 2.45. The topological polar surface area (TPSA) is 52.7 Å². The minimum atomic E-state index is -0.228. The van der Waals surface area contributed by atoms with Gasteiger partial charge in [0.25, 0.3) is 0 Å². The first-order valence-corrected chi connectivity index (χ1v) is 11.6. The van der Waals surface area contributed by atoms with Crippen molar-refractivity contribution in [3.05, 3.63) is 66.2 Å². The maximum Gasteiger partial charge on any atom is 0.225 e. The average Bonchev–Trinajstić information content (AvgIpc) is 3.19. The fourth-order valence-electron chi connectivity index (χ4n) is 4.06. The third-order valence-corrected chi connectivity index (χ3v) is 5.91. The molecule has 2 aromatic carbocycles.